The molecule has 0 unspecified atom stereocenters. The van der Waals surface area contributed by atoms with E-state index in [1.807, 2.05) is 42.9 Å². The number of halogens is 1. The number of nitrogens with zero attached hydrogens (tertiary/aromatic N) is 4. The van der Waals surface area contributed by atoms with Crippen molar-refractivity contribution in [2.24, 2.45) is 7.05 Å². The van der Waals surface area contributed by atoms with Crippen molar-refractivity contribution in [3.63, 3.8) is 0 Å². The minimum Gasteiger partial charge on any atom is -0.315 e. The van der Waals surface area contributed by atoms with Gasteiger partial charge in [0.2, 0.25) is 5.78 Å². The fourth-order valence-corrected chi connectivity index (χ4v) is 4.29. The Balaban J connectivity index is 0.000000276. The first kappa shape index (κ1) is 29.3. The van der Waals surface area contributed by atoms with Crippen LogP contribution in [0.5, 0.6) is 0 Å². The molecule has 3 heterocycles. The average Bonchev–Trinajstić information content (AvgIpc) is 3.37. The molecule has 4 aromatic rings. The minimum absolute atomic E-state index is 0.166. The van der Waals surface area contributed by atoms with Gasteiger partial charge < -0.3 is 14.8 Å². The number of aryl methyl sites for hydroxylation is 1. The Morgan fingerprint density at radius 3 is 2.08 bits per heavy atom. The summed E-state index contributed by atoms with van der Waals surface area (Å²) in [7, 11) is 6.00. The maximum Gasteiger partial charge on any atom is 0.259 e. The lowest BCUT2D eigenvalue weighted by atomic mass is 10.1. The predicted octanol–water partition coefficient (Wildman–Crippen LogP) is 5.55. The summed E-state index contributed by atoms with van der Waals surface area (Å²) < 4.78 is 3.38. The van der Waals surface area contributed by atoms with Crippen LogP contribution in [0.3, 0.4) is 0 Å². The van der Waals surface area contributed by atoms with Crippen LogP contribution in [-0.4, -0.2) is 58.4 Å². The molecule has 0 spiro atoms. The molecule has 0 saturated carbocycles. The van der Waals surface area contributed by atoms with Gasteiger partial charge in [-0.15, -0.1) is 0 Å². The van der Waals surface area contributed by atoms with Gasteiger partial charge in [0, 0.05) is 54.6 Å². The van der Waals surface area contributed by atoms with Crippen molar-refractivity contribution < 1.29 is 4.79 Å². The Morgan fingerprint density at radius 2 is 1.61 bits per heavy atom. The number of carbonyl (C=O) groups excluding carboxylic acids is 1. The van der Waals surface area contributed by atoms with Gasteiger partial charge in [-0.1, -0.05) is 81.1 Å². The Labute approximate surface area is 230 Å². The maximum absolute atomic E-state index is 12.6. The number of carbonyl (C=O) groups is 1. The molecule has 0 atom stereocenters. The molecule has 2 aromatic heterocycles. The molecule has 0 amide bonds. The van der Waals surface area contributed by atoms with Crippen LogP contribution in [0, 0.1) is 0 Å². The zero-order valence-corrected chi connectivity index (χ0v) is 23.7. The highest BCUT2D eigenvalue weighted by molar-refractivity contribution is 6.30. The normalized spacial score (nSPS) is 13.2. The molecule has 2 aromatic carbocycles. The van der Waals surface area contributed by atoms with Crippen molar-refractivity contribution in [2.45, 2.75) is 39.2 Å². The lowest BCUT2D eigenvalue weighted by Gasteiger charge is -2.35. The Kier molecular flexibility index (Phi) is 10.8. The van der Waals surface area contributed by atoms with Crippen molar-refractivity contribution in [1.82, 2.24) is 24.2 Å². The number of imidazole rings is 1. The average molecular weight is 536 g/mol. The number of benzene rings is 2. The molecule has 0 radical (unpaired) electrons. The van der Waals surface area contributed by atoms with E-state index in [4.69, 9.17) is 11.6 Å². The number of fused-ring (bicyclic) bond motifs is 1. The molecule has 38 heavy (non-hydrogen) atoms. The van der Waals surface area contributed by atoms with E-state index >= 15 is 0 Å². The van der Waals surface area contributed by atoms with Gasteiger partial charge in [-0.3, -0.25) is 14.0 Å². The third-order valence-corrected chi connectivity index (χ3v) is 6.76. The standard InChI is InChI=1S/C20H14ClN3O2.C5H12N2.C5H12/c1-23-18(15-4-2-13(12-25)3-5-15)10-19(26)24-11-17(22-20(23)24)14-6-8-16(21)9-7-14;1-6-5-3-7(2)4-5;1-3-5-4-2/h2-12H,1H3;5-6H,3-4H2,1-2H3;3-5H2,1-2H3. The fraction of sp³-hybridized carbons (Fsp3) is 0.367. The van der Waals surface area contributed by atoms with E-state index in [0.717, 1.165) is 29.1 Å². The maximum atomic E-state index is 12.6. The zero-order valence-electron chi connectivity index (χ0n) is 22.9. The van der Waals surface area contributed by atoms with Crippen LogP contribution < -0.4 is 10.9 Å². The Morgan fingerprint density at radius 1 is 1.00 bits per heavy atom. The van der Waals surface area contributed by atoms with Crippen molar-refractivity contribution >= 4 is 23.7 Å². The lowest BCUT2D eigenvalue weighted by Crippen LogP contribution is -2.54. The van der Waals surface area contributed by atoms with Gasteiger partial charge >= 0.3 is 0 Å². The first-order valence-corrected chi connectivity index (χ1v) is 13.5. The fourth-order valence-electron chi connectivity index (χ4n) is 4.16. The van der Waals surface area contributed by atoms with Crippen molar-refractivity contribution in [3.8, 4) is 22.5 Å². The van der Waals surface area contributed by atoms with E-state index in [1.165, 1.54) is 36.8 Å². The molecule has 1 N–H and O–H groups in total. The number of aromatic nitrogens is 3. The van der Waals surface area contributed by atoms with Crippen LogP contribution in [0.25, 0.3) is 28.3 Å². The third kappa shape index (κ3) is 7.40. The summed E-state index contributed by atoms with van der Waals surface area (Å²) in [6.07, 6.45) is 6.59. The number of nitrogens with one attached hydrogen (secondary N) is 1. The molecule has 0 bridgehead atoms. The number of hydrogen-bond acceptors (Lipinski definition) is 5. The molecule has 202 valence electrons. The van der Waals surface area contributed by atoms with E-state index in [0.29, 0.717) is 22.1 Å². The van der Waals surface area contributed by atoms with Gasteiger partial charge in [0.05, 0.1) is 11.4 Å². The highest BCUT2D eigenvalue weighted by Gasteiger charge is 2.20. The zero-order chi connectivity index (χ0) is 27.7. The molecule has 1 fully saturated rings. The summed E-state index contributed by atoms with van der Waals surface area (Å²) in [5.41, 5.74) is 3.57. The number of aldehydes is 1. The third-order valence-electron chi connectivity index (χ3n) is 6.51. The monoisotopic (exact) mass is 535 g/mol. The van der Waals surface area contributed by atoms with Gasteiger partial charge in [0.25, 0.3) is 5.56 Å². The summed E-state index contributed by atoms with van der Waals surface area (Å²) in [6, 6.07) is 16.7. The molecule has 1 aliphatic heterocycles. The molecule has 8 heteroatoms. The SMILES string of the molecule is CCCCC.CNC1CN(C)C1.Cn1c(-c2ccc(C=O)cc2)cc(=O)n2cc(-c3ccc(Cl)cc3)nc12. The van der Waals surface area contributed by atoms with Crippen LogP contribution in [-0.2, 0) is 7.05 Å². The van der Waals surface area contributed by atoms with Crippen molar-refractivity contribution in [1.29, 1.82) is 0 Å². The second-order valence-electron chi connectivity index (χ2n) is 9.53. The minimum atomic E-state index is -0.166. The molecular formula is C30H38ClN5O2. The van der Waals surface area contributed by atoms with Gasteiger partial charge in [-0.25, -0.2) is 4.98 Å². The van der Waals surface area contributed by atoms with E-state index in [2.05, 4.69) is 36.1 Å². The number of likely N-dealkylation sites (N-methyl/N-ethyl adjacent to an activating group) is 2. The summed E-state index contributed by atoms with van der Waals surface area (Å²) >= 11 is 5.94. The second-order valence-corrected chi connectivity index (χ2v) is 9.97. The molecular weight excluding hydrogens is 498 g/mol. The summed E-state index contributed by atoms with van der Waals surface area (Å²) in [6.45, 7) is 6.86. The van der Waals surface area contributed by atoms with Gasteiger partial charge in [0.15, 0.2) is 0 Å². The molecule has 5 rings (SSSR count). The highest BCUT2D eigenvalue weighted by atomic mass is 35.5. The van der Waals surface area contributed by atoms with Crippen LogP contribution in [0.4, 0.5) is 0 Å². The summed E-state index contributed by atoms with van der Waals surface area (Å²) in [4.78, 5) is 30.3. The van der Waals surface area contributed by atoms with Gasteiger partial charge in [-0.2, -0.15) is 0 Å². The number of unbranched alkanes of at least 4 members (excludes halogenated alkanes) is 2. The topological polar surface area (TPSA) is 71.6 Å². The molecule has 0 aliphatic carbocycles. The molecule has 7 nitrogen and oxygen atoms in total. The second kappa shape index (κ2) is 14.0. The van der Waals surface area contributed by atoms with Crippen LogP contribution >= 0.6 is 11.6 Å². The van der Waals surface area contributed by atoms with Crippen LogP contribution in [0.1, 0.15) is 43.5 Å². The molecule has 1 saturated heterocycles. The lowest BCUT2D eigenvalue weighted by molar-refractivity contribution is 0.112. The number of hydrogen-bond donors (Lipinski definition) is 1. The van der Waals surface area contributed by atoms with E-state index in [-0.39, 0.29) is 5.56 Å². The van der Waals surface area contributed by atoms with Crippen LogP contribution in [0.15, 0.2) is 65.6 Å². The highest BCUT2D eigenvalue weighted by Crippen LogP contribution is 2.23. The quantitative estimate of drug-likeness (QED) is 0.328. The smallest absolute Gasteiger partial charge is 0.259 e. The van der Waals surface area contributed by atoms with E-state index < -0.39 is 0 Å². The summed E-state index contributed by atoms with van der Waals surface area (Å²) in [5.74, 6) is 0.539. The van der Waals surface area contributed by atoms with Gasteiger partial charge in [0.1, 0.15) is 6.29 Å². The van der Waals surface area contributed by atoms with E-state index in [9.17, 15) is 9.59 Å². The number of likely N-dealkylation sites (tertiary alicyclic amines) is 1. The first-order valence-electron chi connectivity index (χ1n) is 13.1. The molecule has 1 aliphatic rings. The number of rotatable bonds is 6. The van der Waals surface area contributed by atoms with Crippen LogP contribution in [0.2, 0.25) is 5.02 Å². The van der Waals surface area contributed by atoms with Gasteiger partial charge in [-0.05, 0) is 31.8 Å². The predicted molar refractivity (Wildman–Crippen MR) is 157 cm³/mol. The largest absolute Gasteiger partial charge is 0.315 e. The first-order chi connectivity index (χ1) is 18.3. The Bertz CT molecular complexity index is 1370. The van der Waals surface area contributed by atoms with E-state index in [1.54, 1.807) is 36.5 Å². The van der Waals surface area contributed by atoms with Crippen molar-refractivity contribution in [2.75, 3.05) is 27.2 Å². The van der Waals surface area contributed by atoms with Crippen molar-refractivity contribution in [3.05, 3.63) is 81.7 Å². The summed E-state index contributed by atoms with van der Waals surface area (Å²) in [5, 5.41) is 3.84. The Hall–Kier alpha value is -3.26.